The number of nitrogens with two attached hydrogens (primary N) is 1. The third-order valence-electron chi connectivity index (χ3n) is 2.72. The summed E-state index contributed by atoms with van der Waals surface area (Å²) in [6.45, 7) is 5.51. The standard InChI is InChI=1S/C8H17NO2/c1-7(2)6-11-4-3-8(7,10)5-9/h10H,3-6,9H2,1-2H3. The lowest BCUT2D eigenvalue weighted by molar-refractivity contribution is -0.150. The topological polar surface area (TPSA) is 55.5 Å². The van der Waals surface area contributed by atoms with Crippen LogP contribution in [0.5, 0.6) is 0 Å². The molecule has 1 atom stereocenters. The van der Waals surface area contributed by atoms with Crippen molar-refractivity contribution in [2.24, 2.45) is 11.1 Å². The van der Waals surface area contributed by atoms with Crippen molar-refractivity contribution < 1.29 is 9.84 Å². The molecule has 0 aliphatic carbocycles. The van der Waals surface area contributed by atoms with Gasteiger partial charge in [-0.1, -0.05) is 13.8 Å². The van der Waals surface area contributed by atoms with Crippen molar-refractivity contribution in [3.63, 3.8) is 0 Å². The fraction of sp³-hybridized carbons (Fsp3) is 1.00. The van der Waals surface area contributed by atoms with E-state index in [0.717, 1.165) is 0 Å². The molecule has 0 aromatic rings. The SMILES string of the molecule is CC1(C)COCCC1(O)CN. The van der Waals surface area contributed by atoms with Crippen LogP contribution in [0.25, 0.3) is 0 Å². The van der Waals surface area contributed by atoms with E-state index >= 15 is 0 Å². The molecule has 0 radical (unpaired) electrons. The Labute approximate surface area is 67.5 Å². The second-order valence-corrected chi connectivity index (χ2v) is 3.92. The van der Waals surface area contributed by atoms with E-state index in [1.807, 2.05) is 13.8 Å². The third kappa shape index (κ3) is 1.41. The van der Waals surface area contributed by atoms with E-state index in [1.54, 1.807) is 0 Å². The fourth-order valence-corrected chi connectivity index (χ4v) is 1.42. The lowest BCUT2D eigenvalue weighted by Gasteiger charge is -2.45. The summed E-state index contributed by atoms with van der Waals surface area (Å²) in [5, 5.41) is 10.0. The van der Waals surface area contributed by atoms with Crippen molar-refractivity contribution in [3.05, 3.63) is 0 Å². The van der Waals surface area contributed by atoms with Crippen molar-refractivity contribution in [1.82, 2.24) is 0 Å². The highest BCUT2D eigenvalue weighted by molar-refractivity contribution is 4.96. The Morgan fingerprint density at radius 3 is 2.55 bits per heavy atom. The van der Waals surface area contributed by atoms with Crippen LogP contribution in [0.1, 0.15) is 20.3 Å². The second kappa shape index (κ2) is 2.73. The van der Waals surface area contributed by atoms with Crippen LogP contribution in [0.2, 0.25) is 0 Å². The van der Waals surface area contributed by atoms with Gasteiger partial charge in [0, 0.05) is 25.0 Å². The predicted molar refractivity (Wildman–Crippen MR) is 43.2 cm³/mol. The minimum absolute atomic E-state index is 0.208. The molecule has 66 valence electrons. The van der Waals surface area contributed by atoms with Crippen molar-refractivity contribution >= 4 is 0 Å². The van der Waals surface area contributed by atoms with Crippen LogP contribution in [0.4, 0.5) is 0 Å². The molecule has 1 heterocycles. The molecular weight excluding hydrogens is 142 g/mol. The molecule has 1 aliphatic heterocycles. The van der Waals surface area contributed by atoms with E-state index in [4.69, 9.17) is 10.5 Å². The van der Waals surface area contributed by atoms with Crippen LogP contribution in [-0.4, -0.2) is 30.5 Å². The molecule has 3 nitrogen and oxygen atoms in total. The van der Waals surface area contributed by atoms with Crippen molar-refractivity contribution in [2.45, 2.75) is 25.9 Å². The Morgan fingerprint density at radius 1 is 1.55 bits per heavy atom. The van der Waals surface area contributed by atoms with Crippen LogP contribution >= 0.6 is 0 Å². The van der Waals surface area contributed by atoms with Gasteiger partial charge in [0.2, 0.25) is 0 Å². The molecule has 0 bridgehead atoms. The maximum absolute atomic E-state index is 10.0. The highest BCUT2D eigenvalue weighted by Gasteiger charge is 2.44. The summed E-state index contributed by atoms with van der Waals surface area (Å²) in [6.07, 6.45) is 0.649. The molecule has 0 spiro atoms. The molecule has 0 saturated carbocycles. The van der Waals surface area contributed by atoms with Gasteiger partial charge in [-0.25, -0.2) is 0 Å². The molecule has 0 aromatic carbocycles. The average Bonchev–Trinajstić information content (AvgIpc) is 1.95. The van der Waals surface area contributed by atoms with Crippen molar-refractivity contribution in [3.8, 4) is 0 Å². The summed E-state index contributed by atoms with van der Waals surface area (Å²) < 4.78 is 5.27. The fourth-order valence-electron chi connectivity index (χ4n) is 1.42. The first-order valence-electron chi connectivity index (χ1n) is 4.02. The smallest absolute Gasteiger partial charge is 0.0863 e. The zero-order valence-corrected chi connectivity index (χ0v) is 7.26. The van der Waals surface area contributed by atoms with Gasteiger partial charge >= 0.3 is 0 Å². The first-order valence-corrected chi connectivity index (χ1v) is 4.02. The maximum Gasteiger partial charge on any atom is 0.0863 e. The number of rotatable bonds is 1. The highest BCUT2D eigenvalue weighted by Crippen LogP contribution is 2.36. The van der Waals surface area contributed by atoms with Crippen LogP contribution < -0.4 is 5.73 Å². The molecule has 1 fully saturated rings. The first kappa shape index (κ1) is 8.97. The largest absolute Gasteiger partial charge is 0.388 e. The summed E-state index contributed by atoms with van der Waals surface area (Å²) in [7, 11) is 0. The van der Waals surface area contributed by atoms with E-state index in [1.165, 1.54) is 0 Å². The molecule has 3 heteroatoms. The van der Waals surface area contributed by atoms with Crippen LogP contribution in [0.3, 0.4) is 0 Å². The molecule has 1 rings (SSSR count). The third-order valence-corrected chi connectivity index (χ3v) is 2.72. The second-order valence-electron chi connectivity index (χ2n) is 3.92. The van der Waals surface area contributed by atoms with E-state index in [-0.39, 0.29) is 5.41 Å². The number of ether oxygens (including phenoxy) is 1. The van der Waals surface area contributed by atoms with Crippen LogP contribution in [0.15, 0.2) is 0 Å². The minimum Gasteiger partial charge on any atom is -0.388 e. The van der Waals surface area contributed by atoms with Gasteiger partial charge in [-0.05, 0) is 0 Å². The van der Waals surface area contributed by atoms with E-state index in [9.17, 15) is 5.11 Å². The van der Waals surface area contributed by atoms with Gasteiger partial charge in [0.05, 0.1) is 12.2 Å². The van der Waals surface area contributed by atoms with E-state index in [2.05, 4.69) is 0 Å². The number of hydrogen-bond acceptors (Lipinski definition) is 3. The molecule has 1 unspecified atom stereocenters. The van der Waals surface area contributed by atoms with Gasteiger partial charge in [0.15, 0.2) is 0 Å². The van der Waals surface area contributed by atoms with E-state index < -0.39 is 5.60 Å². The Kier molecular flexibility index (Phi) is 2.23. The quantitative estimate of drug-likeness (QED) is 0.571. The summed E-state index contributed by atoms with van der Waals surface area (Å²) in [5.41, 5.74) is 4.57. The van der Waals surface area contributed by atoms with E-state index in [0.29, 0.717) is 26.2 Å². The van der Waals surface area contributed by atoms with Crippen LogP contribution in [-0.2, 0) is 4.74 Å². The van der Waals surface area contributed by atoms with Crippen molar-refractivity contribution in [1.29, 1.82) is 0 Å². The summed E-state index contributed by atoms with van der Waals surface area (Å²) >= 11 is 0. The Bertz CT molecular complexity index is 147. The molecule has 11 heavy (non-hydrogen) atoms. The molecule has 1 aliphatic rings. The number of aliphatic hydroxyl groups is 1. The minimum atomic E-state index is -0.731. The Balaban J connectivity index is 2.74. The normalized spacial score (nSPS) is 37.1. The van der Waals surface area contributed by atoms with Gasteiger partial charge < -0.3 is 15.6 Å². The predicted octanol–water partition coefficient (Wildman–Crippen LogP) is 0.123. The first-order chi connectivity index (χ1) is 5.02. The monoisotopic (exact) mass is 159 g/mol. The van der Waals surface area contributed by atoms with Gasteiger partial charge in [0.25, 0.3) is 0 Å². The van der Waals surface area contributed by atoms with Crippen molar-refractivity contribution in [2.75, 3.05) is 19.8 Å². The molecular formula is C8H17NO2. The molecule has 1 saturated heterocycles. The maximum atomic E-state index is 10.0. The lowest BCUT2D eigenvalue weighted by atomic mass is 9.72. The number of hydrogen-bond donors (Lipinski definition) is 2. The summed E-state index contributed by atoms with van der Waals surface area (Å²) in [5.74, 6) is 0. The van der Waals surface area contributed by atoms with Gasteiger partial charge in [-0.15, -0.1) is 0 Å². The van der Waals surface area contributed by atoms with Crippen LogP contribution in [0, 0.1) is 5.41 Å². The Morgan fingerprint density at radius 2 is 2.18 bits per heavy atom. The summed E-state index contributed by atoms with van der Waals surface area (Å²) in [4.78, 5) is 0. The average molecular weight is 159 g/mol. The zero-order valence-electron chi connectivity index (χ0n) is 7.26. The molecule has 3 N–H and O–H groups in total. The summed E-state index contributed by atoms with van der Waals surface area (Å²) in [6, 6.07) is 0. The highest BCUT2D eigenvalue weighted by atomic mass is 16.5. The van der Waals surface area contributed by atoms with Gasteiger partial charge in [-0.3, -0.25) is 0 Å². The van der Waals surface area contributed by atoms with Gasteiger partial charge in [0.1, 0.15) is 0 Å². The van der Waals surface area contributed by atoms with Gasteiger partial charge in [-0.2, -0.15) is 0 Å². The Hall–Kier alpha value is -0.120. The zero-order chi connectivity index (χ0) is 8.54. The lowest BCUT2D eigenvalue weighted by Crippen LogP contribution is -2.56. The molecule has 0 amide bonds. The molecule has 0 aromatic heterocycles.